The first-order valence-corrected chi connectivity index (χ1v) is 5.38. The topological polar surface area (TPSA) is 89.7 Å². The summed E-state index contributed by atoms with van der Waals surface area (Å²) in [6.45, 7) is 0. The number of benzene rings is 1. The Bertz CT molecular complexity index is 674. The molecule has 0 atom stereocenters. The number of aromatic amines is 1. The maximum atomic E-state index is 5.87. The molecule has 0 aliphatic carbocycles. The third-order valence-electron chi connectivity index (χ3n) is 2.64. The van der Waals surface area contributed by atoms with Gasteiger partial charge in [-0.2, -0.15) is 0 Å². The summed E-state index contributed by atoms with van der Waals surface area (Å²) in [5.41, 5.74) is 8.54. The van der Waals surface area contributed by atoms with Crippen molar-refractivity contribution in [3.63, 3.8) is 0 Å². The van der Waals surface area contributed by atoms with Crippen molar-refractivity contribution in [3.05, 3.63) is 30.6 Å². The van der Waals surface area contributed by atoms with Gasteiger partial charge in [0.15, 0.2) is 11.3 Å². The number of ether oxygens (including phenoxy) is 1. The molecule has 6 nitrogen and oxygen atoms in total. The third-order valence-corrected chi connectivity index (χ3v) is 2.64. The van der Waals surface area contributed by atoms with Crippen molar-refractivity contribution in [3.8, 4) is 17.1 Å². The lowest BCUT2D eigenvalue weighted by atomic mass is 10.2. The van der Waals surface area contributed by atoms with Crippen molar-refractivity contribution in [2.75, 3.05) is 12.8 Å². The molecule has 0 saturated carbocycles. The summed E-state index contributed by atoms with van der Waals surface area (Å²) in [7, 11) is 1.58. The normalized spacial score (nSPS) is 10.7. The van der Waals surface area contributed by atoms with Gasteiger partial charge in [0.05, 0.1) is 12.8 Å². The Hall–Kier alpha value is -2.63. The van der Waals surface area contributed by atoms with E-state index < -0.39 is 0 Å². The average molecular weight is 241 g/mol. The van der Waals surface area contributed by atoms with Crippen molar-refractivity contribution >= 4 is 17.0 Å². The first-order chi connectivity index (χ1) is 8.78. The van der Waals surface area contributed by atoms with Gasteiger partial charge in [-0.15, -0.1) is 0 Å². The van der Waals surface area contributed by atoms with Gasteiger partial charge < -0.3 is 15.5 Å². The number of nitrogens with two attached hydrogens (primary N) is 1. The third kappa shape index (κ3) is 1.64. The molecule has 0 unspecified atom stereocenters. The number of methoxy groups -OCH3 is 1. The van der Waals surface area contributed by atoms with E-state index in [0.717, 1.165) is 5.56 Å². The summed E-state index contributed by atoms with van der Waals surface area (Å²) in [6, 6.07) is 5.49. The number of hydrogen-bond acceptors (Lipinski definition) is 5. The van der Waals surface area contributed by atoms with Gasteiger partial charge in [0.25, 0.3) is 0 Å². The molecule has 3 N–H and O–H groups in total. The predicted octanol–water partition coefficient (Wildman–Crippen LogP) is 1.61. The molecule has 0 amide bonds. The fourth-order valence-corrected chi connectivity index (χ4v) is 1.77. The molecule has 3 rings (SSSR count). The average Bonchev–Trinajstić information content (AvgIpc) is 2.82. The molecule has 0 radical (unpaired) electrons. The number of hydrogen-bond donors (Lipinski definition) is 2. The summed E-state index contributed by atoms with van der Waals surface area (Å²) < 4.78 is 5.11. The Morgan fingerprint density at radius 3 is 2.78 bits per heavy atom. The number of rotatable bonds is 2. The molecule has 0 spiro atoms. The number of nitrogens with zero attached hydrogens (tertiary/aromatic N) is 3. The van der Waals surface area contributed by atoms with Crippen LogP contribution in [0, 0.1) is 0 Å². The highest BCUT2D eigenvalue weighted by Crippen LogP contribution is 2.27. The molecule has 3 aromatic rings. The van der Waals surface area contributed by atoms with Gasteiger partial charge in [-0.1, -0.05) is 0 Å². The van der Waals surface area contributed by atoms with E-state index in [1.54, 1.807) is 31.6 Å². The van der Waals surface area contributed by atoms with Gasteiger partial charge in [-0.3, -0.25) is 0 Å². The summed E-state index contributed by atoms with van der Waals surface area (Å²) >= 11 is 0. The van der Waals surface area contributed by atoms with Crippen LogP contribution >= 0.6 is 0 Å². The minimum Gasteiger partial charge on any atom is -0.495 e. The number of fused-ring (bicyclic) bond motifs is 1. The molecular formula is C12H11N5O. The largest absolute Gasteiger partial charge is 0.495 e. The minimum atomic E-state index is 0.566. The molecule has 90 valence electrons. The van der Waals surface area contributed by atoms with Crippen LogP contribution in [-0.2, 0) is 0 Å². The molecule has 0 saturated heterocycles. The molecule has 2 heterocycles. The smallest absolute Gasteiger partial charge is 0.197 e. The van der Waals surface area contributed by atoms with Crippen LogP contribution < -0.4 is 10.5 Å². The van der Waals surface area contributed by atoms with E-state index in [4.69, 9.17) is 10.5 Å². The number of aromatic nitrogens is 4. The summed E-state index contributed by atoms with van der Waals surface area (Å²) in [4.78, 5) is 15.7. The van der Waals surface area contributed by atoms with Crippen LogP contribution in [0.2, 0.25) is 0 Å². The van der Waals surface area contributed by atoms with E-state index in [0.29, 0.717) is 28.6 Å². The van der Waals surface area contributed by atoms with Crippen LogP contribution in [0.4, 0.5) is 5.69 Å². The zero-order chi connectivity index (χ0) is 12.5. The summed E-state index contributed by atoms with van der Waals surface area (Å²) in [5, 5.41) is 0. The monoisotopic (exact) mass is 241 g/mol. The van der Waals surface area contributed by atoms with E-state index in [9.17, 15) is 0 Å². The van der Waals surface area contributed by atoms with Gasteiger partial charge in [0.2, 0.25) is 0 Å². The lowest BCUT2D eigenvalue weighted by molar-refractivity contribution is 0.417. The van der Waals surface area contributed by atoms with Crippen LogP contribution in [0.3, 0.4) is 0 Å². The van der Waals surface area contributed by atoms with Crippen molar-refractivity contribution in [2.24, 2.45) is 0 Å². The molecule has 18 heavy (non-hydrogen) atoms. The number of H-pyrrole nitrogens is 1. The van der Waals surface area contributed by atoms with E-state index in [1.165, 1.54) is 0 Å². The lowest BCUT2D eigenvalue weighted by Gasteiger charge is -2.05. The molecule has 0 aliphatic rings. The van der Waals surface area contributed by atoms with Crippen molar-refractivity contribution in [1.82, 2.24) is 19.9 Å². The first-order valence-electron chi connectivity index (χ1n) is 5.38. The SMILES string of the molecule is COc1ccc(-c2nc3nccnc3[nH]2)cc1N. The van der Waals surface area contributed by atoms with Gasteiger partial charge in [-0.05, 0) is 18.2 Å². The first kappa shape index (κ1) is 10.5. The summed E-state index contributed by atoms with van der Waals surface area (Å²) in [6.07, 6.45) is 3.22. The highest BCUT2D eigenvalue weighted by atomic mass is 16.5. The minimum absolute atomic E-state index is 0.566. The molecule has 6 heteroatoms. The zero-order valence-corrected chi connectivity index (χ0v) is 9.71. The van der Waals surface area contributed by atoms with Crippen LogP contribution in [0.15, 0.2) is 30.6 Å². The fourth-order valence-electron chi connectivity index (χ4n) is 1.77. The molecule has 0 fully saturated rings. The predicted molar refractivity (Wildman–Crippen MR) is 68.1 cm³/mol. The van der Waals surface area contributed by atoms with Crippen molar-refractivity contribution in [2.45, 2.75) is 0 Å². The van der Waals surface area contributed by atoms with E-state index >= 15 is 0 Å². The molecule has 0 bridgehead atoms. The maximum Gasteiger partial charge on any atom is 0.197 e. The Morgan fingerprint density at radius 1 is 1.22 bits per heavy atom. The van der Waals surface area contributed by atoms with Crippen molar-refractivity contribution < 1.29 is 4.74 Å². The summed E-state index contributed by atoms with van der Waals surface area (Å²) in [5.74, 6) is 1.33. The van der Waals surface area contributed by atoms with Gasteiger partial charge in [0.1, 0.15) is 11.6 Å². The highest BCUT2D eigenvalue weighted by Gasteiger charge is 2.08. The van der Waals surface area contributed by atoms with Crippen LogP contribution in [0.1, 0.15) is 0 Å². The van der Waals surface area contributed by atoms with Crippen LogP contribution in [-0.4, -0.2) is 27.0 Å². The Labute approximate surface area is 103 Å². The van der Waals surface area contributed by atoms with Crippen molar-refractivity contribution in [1.29, 1.82) is 0 Å². The van der Waals surface area contributed by atoms with Crippen LogP contribution in [0.5, 0.6) is 5.75 Å². The van der Waals surface area contributed by atoms with Gasteiger partial charge >= 0.3 is 0 Å². The molecule has 2 aromatic heterocycles. The van der Waals surface area contributed by atoms with Gasteiger partial charge in [0, 0.05) is 18.0 Å². The van der Waals surface area contributed by atoms with Gasteiger partial charge in [-0.25, -0.2) is 15.0 Å². The van der Waals surface area contributed by atoms with E-state index in [-0.39, 0.29) is 0 Å². The number of nitrogen functional groups attached to an aromatic ring is 1. The quantitative estimate of drug-likeness (QED) is 0.665. The molecule has 1 aromatic carbocycles. The van der Waals surface area contributed by atoms with E-state index in [2.05, 4.69) is 19.9 Å². The second kappa shape index (κ2) is 3.99. The second-order valence-corrected chi connectivity index (χ2v) is 3.77. The Kier molecular flexibility index (Phi) is 2.33. The number of nitrogens with one attached hydrogen (secondary N) is 1. The maximum absolute atomic E-state index is 5.87. The Balaban J connectivity index is 2.11. The number of anilines is 1. The van der Waals surface area contributed by atoms with Crippen LogP contribution in [0.25, 0.3) is 22.7 Å². The second-order valence-electron chi connectivity index (χ2n) is 3.77. The van der Waals surface area contributed by atoms with E-state index in [1.807, 2.05) is 6.07 Å². The lowest BCUT2D eigenvalue weighted by Crippen LogP contribution is -1.93. The highest BCUT2D eigenvalue weighted by molar-refractivity contribution is 5.74. The number of imidazole rings is 1. The molecule has 0 aliphatic heterocycles. The molecular weight excluding hydrogens is 230 g/mol. The standard InChI is InChI=1S/C12H11N5O/c1-18-9-3-2-7(6-8(9)13)10-16-11-12(17-10)15-5-4-14-11/h2-6H,13H2,1H3,(H,14,15,16,17). The zero-order valence-electron chi connectivity index (χ0n) is 9.71. The fraction of sp³-hybridized carbons (Fsp3) is 0.0833. The Morgan fingerprint density at radius 2 is 2.06 bits per heavy atom.